The molecular weight excluding hydrogens is 388 g/mol. The lowest BCUT2D eigenvalue weighted by Crippen LogP contribution is -2.11. The van der Waals surface area contributed by atoms with Crippen molar-refractivity contribution in [3.8, 4) is 0 Å². The van der Waals surface area contributed by atoms with Gasteiger partial charge in [0.2, 0.25) is 5.89 Å². The van der Waals surface area contributed by atoms with Gasteiger partial charge in [0.15, 0.2) is 9.84 Å². The highest BCUT2D eigenvalue weighted by Crippen LogP contribution is 2.20. The maximum Gasteiger partial charge on any atom is 0.322 e. The van der Waals surface area contributed by atoms with Crippen molar-refractivity contribution in [3.63, 3.8) is 0 Å². The fourth-order valence-electron chi connectivity index (χ4n) is 2.40. The first-order valence-corrected chi connectivity index (χ1v) is 10.3. The summed E-state index contributed by atoms with van der Waals surface area (Å²) in [6.45, 7) is 0. The Labute approximate surface area is 157 Å². The van der Waals surface area contributed by atoms with Crippen LogP contribution in [0.3, 0.4) is 0 Å². The van der Waals surface area contributed by atoms with Crippen molar-refractivity contribution in [1.82, 2.24) is 15.2 Å². The zero-order valence-electron chi connectivity index (χ0n) is 13.7. The molecule has 1 N–H and O–H groups in total. The summed E-state index contributed by atoms with van der Waals surface area (Å²) in [6, 6.07) is 12.9. The minimum atomic E-state index is -3.61. The second kappa shape index (κ2) is 6.89. The number of rotatable bonds is 5. The van der Waals surface area contributed by atoms with Gasteiger partial charge in [-0.05, 0) is 30.3 Å². The second-order valence-electron chi connectivity index (χ2n) is 5.56. The van der Waals surface area contributed by atoms with Gasteiger partial charge in [0.05, 0.1) is 20.6 Å². The number of nitrogens with zero attached hydrogens (tertiary/aromatic N) is 3. The van der Waals surface area contributed by atoms with E-state index in [2.05, 4.69) is 20.5 Å². The largest absolute Gasteiger partial charge is 0.407 e. The summed E-state index contributed by atoms with van der Waals surface area (Å²) in [6.07, 6.45) is 0. The zero-order valence-corrected chi connectivity index (χ0v) is 15.3. The standard InChI is InChI=1S/C17H12N4O4S2/c22-16(11-6-7-13-14(8-11)26-10-18-13)19-17-21-20-15(25-17)9-27(23,24)12-4-2-1-3-5-12/h1-8,10H,9H2,(H,19,21,22). The minimum Gasteiger partial charge on any atom is -0.407 e. The topological polar surface area (TPSA) is 115 Å². The van der Waals surface area contributed by atoms with E-state index < -0.39 is 21.5 Å². The van der Waals surface area contributed by atoms with Crippen LogP contribution in [0.2, 0.25) is 0 Å². The molecule has 1 amide bonds. The molecule has 0 saturated carbocycles. The normalized spacial score (nSPS) is 11.6. The molecule has 0 atom stereocenters. The Morgan fingerprint density at radius 3 is 2.74 bits per heavy atom. The molecule has 8 nitrogen and oxygen atoms in total. The summed E-state index contributed by atoms with van der Waals surface area (Å²) >= 11 is 1.42. The summed E-state index contributed by atoms with van der Waals surface area (Å²) in [5.74, 6) is -0.995. The average Bonchev–Trinajstić information content (AvgIpc) is 3.30. The molecule has 0 aliphatic rings. The van der Waals surface area contributed by atoms with Crippen molar-refractivity contribution < 1.29 is 17.6 Å². The van der Waals surface area contributed by atoms with Gasteiger partial charge in [-0.15, -0.1) is 16.4 Å². The van der Waals surface area contributed by atoms with E-state index in [1.165, 1.54) is 23.5 Å². The van der Waals surface area contributed by atoms with Gasteiger partial charge in [-0.2, -0.15) is 0 Å². The van der Waals surface area contributed by atoms with E-state index in [1.807, 2.05) is 0 Å². The molecule has 10 heteroatoms. The maximum absolute atomic E-state index is 12.3. The van der Waals surface area contributed by atoms with Gasteiger partial charge in [-0.3, -0.25) is 10.1 Å². The van der Waals surface area contributed by atoms with Crippen molar-refractivity contribution >= 4 is 43.3 Å². The van der Waals surface area contributed by atoms with Gasteiger partial charge < -0.3 is 4.42 Å². The molecule has 0 bridgehead atoms. The van der Waals surface area contributed by atoms with Crippen molar-refractivity contribution in [1.29, 1.82) is 0 Å². The van der Waals surface area contributed by atoms with Crippen LogP contribution in [-0.2, 0) is 15.6 Å². The van der Waals surface area contributed by atoms with Gasteiger partial charge in [0.25, 0.3) is 5.91 Å². The van der Waals surface area contributed by atoms with Crippen LogP contribution in [0.4, 0.5) is 6.01 Å². The number of fused-ring (bicyclic) bond motifs is 1. The number of hydrogen-bond acceptors (Lipinski definition) is 8. The number of anilines is 1. The van der Waals surface area contributed by atoms with Gasteiger partial charge in [-0.25, -0.2) is 13.4 Å². The molecule has 27 heavy (non-hydrogen) atoms. The molecule has 4 rings (SSSR count). The molecule has 136 valence electrons. The Morgan fingerprint density at radius 1 is 1.11 bits per heavy atom. The van der Waals surface area contributed by atoms with Crippen molar-refractivity contribution in [2.75, 3.05) is 5.32 Å². The first-order valence-electron chi connectivity index (χ1n) is 7.76. The molecule has 2 aromatic heterocycles. The van der Waals surface area contributed by atoms with Crippen LogP contribution in [0.15, 0.2) is 63.4 Å². The van der Waals surface area contributed by atoms with Gasteiger partial charge in [0.1, 0.15) is 5.75 Å². The fraction of sp³-hybridized carbons (Fsp3) is 0.0588. The number of sulfone groups is 1. The highest BCUT2D eigenvalue weighted by atomic mass is 32.2. The Bertz CT molecular complexity index is 1220. The maximum atomic E-state index is 12.3. The van der Waals surface area contributed by atoms with Crippen LogP contribution in [-0.4, -0.2) is 29.5 Å². The minimum absolute atomic E-state index is 0.105. The van der Waals surface area contributed by atoms with E-state index in [0.29, 0.717) is 5.56 Å². The Hall–Kier alpha value is -3.11. The molecule has 0 aliphatic heterocycles. The number of amides is 1. The van der Waals surface area contributed by atoms with E-state index in [-0.39, 0.29) is 16.8 Å². The van der Waals surface area contributed by atoms with Crippen LogP contribution >= 0.6 is 11.3 Å². The number of nitrogens with one attached hydrogen (secondary N) is 1. The first-order chi connectivity index (χ1) is 13.0. The molecule has 2 aromatic carbocycles. The Kier molecular flexibility index (Phi) is 4.42. The lowest BCUT2D eigenvalue weighted by atomic mass is 10.2. The molecule has 0 unspecified atom stereocenters. The van der Waals surface area contributed by atoms with Crippen molar-refractivity contribution in [2.45, 2.75) is 10.6 Å². The van der Waals surface area contributed by atoms with Gasteiger partial charge in [-0.1, -0.05) is 23.3 Å². The number of benzene rings is 2. The SMILES string of the molecule is O=C(Nc1nnc(CS(=O)(=O)c2ccccc2)o1)c1ccc2ncsc2c1. The molecular formula is C17H12N4O4S2. The van der Waals surface area contributed by atoms with E-state index in [4.69, 9.17) is 4.42 Å². The van der Waals surface area contributed by atoms with Crippen LogP contribution in [0.25, 0.3) is 10.2 Å². The van der Waals surface area contributed by atoms with Crippen LogP contribution in [0.1, 0.15) is 16.2 Å². The predicted octanol–water partition coefficient (Wildman–Crippen LogP) is 2.91. The molecule has 0 spiro atoms. The number of carbonyl (C=O) groups is 1. The van der Waals surface area contributed by atoms with Crippen LogP contribution in [0.5, 0.6) is 0 Å². The van der Waals surface area contributed by atoms with E-state index in [0.717, 1.165) is 10.2 Å². The van der Waals surface area contributed by atoms with Gasteiger partial charge >= 0.3 is 6.01 Å². The Balaban J connectivity index is 1.48. The first kappa shape index (κ1) is 17.3. The molecule has 0 aliphatic carbocycles. The van der Waals surface area contributed by atoms with Crippen molar-refractivity contribution in [3.05, 3.63) is 65.5 Å². The average molecular weight is 400 g/mol. The van der Waals surface area contributed by atoms with Gasteiger partial charge in [0, 0.05) is 5.56 Å². The number of hydrogen-bond donors (Lipinski definition) is 1. The summed E-state index contributed by atoms with van der Waals surface area (Å²) in [7, 11) is -3.61. The Morgan fingerprint density at radius 2 is 1.93 bits per heavy atom. The summed E-state index contributed by atoms with van der Waals surface area (Å²) in [5, 5.41) is 9.86. The van der Waals surface area contributed by atoms with Crippen LogP contribution < -0.4 is 5.32 Å². The summed E-state index contributed by atoms with van der Waals surface area (Å²) in [4.78, 5) is 16.6. The van der Waals surface area contributed by atoms with E-state index in [9.17, 15) is 13.2 Å². The monoisotopic (exact) mass is 400 g/mol. The molecule has 0 saturated heterocycles. The second-order valence-corrected chi connectivity index (χ2v) is 8.44. The summed E-state index contributed by atoms with van der Waals surface area (Å²) < 4.78 is 30.8. The molecule has 2 heterocycles. The third-order valence-electron chi connectivity index (χ3n) is 3.70. The zero-order chi connectivity index (χ0) is 18.9. The highest BCUT2D eigenvalue weighted by Gasteiger charge is 2.20. The predicted molar refractivity (Wildman–Crippen MR) is 99.2 cm³/mol. The van der Waals surface area contributed by atoms with E-state index >= 15 is 0 Å². The van der Waals surface area contributed by atoms with Crippen LogP contribution in [0, 0.1) is 0 Å². The third-order valence-corrected chi connectivity index (χ3v) is 6.11. The smallest absolute Gasteiger partial charge is 0.322 e. The quantitative estimate of drug-likeness (QED) is 0.548. The van der Waals surface area contributed by atoms with E-state index in [1.54, 1.807) is 41.9 Å². The lowest BCUT2D eigenvalue weighted by molar-refractivity contribution is 0.102. The fourth-order valence-corrected chi connectivity index (χ4v) is 4.30. The molecule has 0 radical (unpaired) electrons. The third kappa shape index (κ3) is 3.71. The lowest BCUT2D eigenvalue weighted by Gasteiger charge is -2.01. The summed E-state index contributed by atoms with van der Waals surface area (Å²) in [5.41, 5.74) is 2.91. The van der Waals surface area contributed by atoms with Crippen molar-refractivity contribution in [2.24, 2.45) is 0 Å². The molecule has 4 aromatic rings. The number of thiazole rings is 1. The number of carbonyl (C=O) groups excluding carboxylic acids is 1. The molecule has 0 fully saturated rings. The number of aromatic nitrogens is 3. The highest BCUT2D eigenvalue weighted by molar-refractivity contribution is 7.90.